The Hall–Kier alpha value is -2.55. The number of amides is 3. The normalized spacial score (nSPS) is 35.3. The molecule has 0 bridgehead atoms. The van der Waals surface area contributed by atoms with Gasteiger partial charge in [-0.05, 0) is 54.4 Å². The Kier molecular flexibility index (Phi) is 6.34. The van der Waals surface area contributed by atoms with Crippen molar-refractivity contribution < 1.29 is 19.1 Å². The number of nitrogens with zero attached hydrogens (tertiary/aromatic N) is 4. The van der Waals surface area contributed by atoms with E-state index in [9.17, 15) is 14.4 Å². The number of ether oxygens (including phenoxy) is 1. The Morgan fingerprint density at radius 2 is 1.50 bits per heavy atom. The smallest absolute Gasteiger partial charge is 0.249 e. The molecule has 3 fully saturated rings. The molecule has 0 aromatic rings. The van der Waals surface area contributed by atoms with E-state index in [2.05, 4.69) is 29.0 Å². The molecule has 0 saturated carbocycles. The van der Waals surface area contributed by atoms with Gasteiger partial charge in [-0.1, -0.05) is 0 Å². The summed E-state index contributed by atoms with van der Waals surface area (Å²) < 4.78 is 6.19. The Labute approximate surface area is 214 Å². The third kappa shape index (κ3) is 4.51. The summed E-state index contributed by atoms with van der Waals surface area (Å²) in [7, 11) is 0. The number of hydrogen-bond donors (Lipinski definition) is 1. The maximum absolute atomic E-state index is 13.1. The van der Waals surface area contributed by atoms with E-state index in [0.717, 1.165) is 50.4 Å². The third-order valence-electron chi connectivity index (χ3n) is 8.44. The molecule has 0 aromatic heterocycles. The molecule has 1 N–H and O–H groups in total. The van der Waals surface area contributed by atoms with Crippen LogP contribution in [0.5, 0.6) is 0 Å². The van der Waals surface area contributed by atoms with Crippen molar-refractivity contribution in [3.05, 3.63) is 23.5 Å². The largest absolute Gasteiger partial charge is 0.371 e. The van der Waals surface area contributed by atoms with Crippen molar-refractivity contribution in [2.75, 3.05) is 26.2 Å². The minimum Gasteiger partial charge on any atom is -0.371 e. The molecule has 9 nitrogen and oxygen atoms in total. The van der Waals surface area contributed by atoms with E-state index < -0.39 is 0 Å². The summed E-state index contributed by atoms with van der Waals surface area (Å²) in [6.45, 7) is 15.5. The lowest BCUT2D eigenvalue weighted by Crippen LogP contribution is -2.47. The van der Waals surface area contributed by atoms with E-state index in [-0.39, 0.29) is 59.6 Å². The minimum atomic E-state index is -0.279. The van der Waals surface area contributed by atoms with Crippen LogP contribution < -0.4 is 5.32 Å². The molecule has 3 amide bonds. The van der Waals surface area contributed by atoms with Crippen molar-refractivity contribution in [2.45, 2.75) is 103 Å². The highest BCUT2D eigenvalue weighted by Crippen LogP contribution is 2.35. The van der Waals surface area contributed by atoms with E-state index in [1.54, 1.807) is 12.2 Å². The van der Waals surface area contributed by atoms with Crippen LogP contribution in [0.4, 0.5) is 0 Å². The van der Waals surface area contributed by atoms with Crippen molar-refractivity contribution in [2.24, 2.45) is 0 Å². The molecule has 5 rings (SSSR count). The zero-order valence-corrected chi connectivity index (χ0v) is 22.5. The molecule has 0 spiro atoms. The standard InChI is InChI=1S/C27H41N5O4/c1-16-21(11-24(33)28-16)29-9-7-19(14-29)31-17(2)22(12-25(31)34)30-10-8-20(15-30)32-18(3)23(13-26(32)35)36-27(4,5)6/h11-12,16-20,23H,7-10,13-15H2,1-6H3,(H,28,33)/t16-,17-,18-,19-,20-,23?/m0/s1. The number of hydrogen-bond acceptors (Lipinski definition) is 6. The summed E-state index contributed by atoms with van der Waals surface area (Å²) >= 11 is 0. The summed E-state index contributed by atoms with van der Waals surface area (Å²) in [6, 6.07) is 0.329. The number of carbonyl (C=O) groups is 3. The highest BCUT2D eigenvalue weighted by atomic mass is 16.5. The predicted molar refractivity (Wildman–Crippen MR) is 136 cm³/mol. The molecule has 1 unspecified atom stereocenters. The molecule has 5 aliphatic rings. The van der Waals surface area contributed by atoms with Gasteiger partial charge in [-0.2, -0.15) is 0 Å². The fourth-order valence-corrected chi connectivity index (χ4v) is 6.85. The van der Waals surface area contributed by atoms with Gasteiger partial charge in [0.2, 0.25) is 17.7 Å². The van der Waals surface area contributed by atoms with E-state index in [1.807, 2.05) is 37.5 Å². The molecule has 0 radical (unpaired) electrons. The molecule has 6 atom stereocenters. The first-order valence-corrected chi connectivity index (χ1v) is 13.5. The fourth-order valence-electron chi connectivity index (χ4n) is 6.85. The average molecular weight is 500 g/mol. The Morgan fingerprint density at radius 3 is 2.08 bits per heavy atom. The monoisotopic (exact) mass is 499 g/mol. The zero-order valence-electron chi connectivity index (χ0n) is 22.5. The SMILES string of the molecule is C[C@@H]1NC(=O)C=C1N1CC[C@H](N2C(=O)C=C(N3CC[C@H](N4C(=O)CC(OC(C)(C)C)[C@@H]4C)C3)[C@@H]2C)C1. The van der Waals surface area contributed by atoms with Gasteiger partial charge in [0.1, 0.15) is 0 Å². The molecule has 5 heterocycles. The topological polar surface area (TPSA) is 85.4 Å². The highest BCUT2D eigenvalue weighted by molar-refractivity contribution is 5.92. The molecule has 9 heteroatoms. The molecule has 36 heavy (non-hydrogen) atoms. The van der Waals surface area contributed by atoms with Crippen LogP contribution in [0, 0.1) is 0 Å². The predicted octanol–water partition coefficient (Wildman–Crippen LogP) is 1.46. The number of carbonyl (C=O) groups excluding carboxylic acids is 3. The summed E-state index contributed by atoms with van der Waals surface area (Å²) in [5.74, 6) is 0.199. The first-order chi connectivity index (χ1) is 16.9. The maximum atomic E-state index is 13.1. The Balaban J connectivity index is 1.21. The minimum absolute atomic E-state index is 0.000358. The number of likely N-dealkylation sites (tertiary alicyclic amines) is 3. The average Bonchev–Trinajstić information content (AvgIpc) is 3.56. The van der Waals surface area contributed by atoms with E-state index >= 15 is 0 Å². The second-order valence-electron chi connectivity index (χ2n) is 12.1. The lowest BCUT2D eigenvalue weighted by molar-refractivity contribution is -0.130. The quantitative estimate of drug-likeness (QED) is 0.617. The molecule has 198 valence electrons. The van der Waals surface area contributed by atoms with Crippen LogP contribution in [0.15, 0.2) is 23.5 Å². The van der Waals surface area contributed by atoms with Gasteiger partial charge in [-0.3, -0.25) is 14.4 Å². The molecule has 5 aliphatic heterocycles. The summed E-state index contributed by atoms with van der Waals surface area (Å²) in [5.41, 5.74) is 1.81. The first-order valence-electron chi connectivity index (χ1n) is 13.5. The lowest BCUT2D eigenvalue weighted by Gasteiger charge is -2.35. The third-order valence-corrected chi connectivity index (χ3v) is 8.44. The van der Waals surface area contributed by atoms with Crippen molar-refractivity contribution in [1.29, 1.82) is 0 Å². The van der Waals surface area contributed by atoms with Crippen molar-refractivity contribution in [3.8, 4) is 0 Å². The van der Waals surface area contributed by atoms with Gasteiger partial charge in [-0.25, -0.2) is 0 Å². The lowest BCUT2D eigenvalue weighted by atomic mass is 10.1. The van der Waals surface area contributed by atoms with E-state index in [1.165, 1.54) is 0 Å². The Bertz CT molecular complexity index is 1000. The van der Waals surface area contributed by atoms with Crippen LogP contribution in [0.3, 0.4) is 0 Å². The number of nitrogens with one attached hydrogen (secondary N) is 1. The number of rotatable bonds is 5. The van der Waals surface area contributed by atoms with Crippen LogP contribution in [-0.4, -0.2) is 105 Å². The highest BCUT2D eigenvalue weighted by Gasteiger charge is 2.46. The van der Waals surface area contributed by atoms with Crippen LogP contribution in [0.25, 0.3) is 0 Å². The Morgan fingerprint density at radius 1 is 0.889 bits per heavy atom. The van der Waals surface area contributed by atoms with Gasteiger partial charge in [0.25, 0.3) is 0 Å². The summed E-state index contributed by atoms with van der Waals surface area (Å²) in [6.07, 6.45) is 5.65. The van der Waals surface area contributed by atoms with Gasteiger partial charge < -0.3 is 29.7 Å². The first kappa shape index (κ1) is 25.1. The molecular weight excluding hydrogens is 458 g/mol. The maximum Gasteiger partial charge on any atom is 0.249 e. The van der Waals surface area contributed by atoms with Gasteiger partial charge >= 0.3 is 0 Å². The van der Waals surface area contributed by atoms with Crippen molar-refractivity contribution in [1.82, 2.24) is 24.9 Å². The van der Waals surface area contributed by atoms with Gasteiger partial charge in [0.05, 0.1) is 48.3 Å². The molecule has 3 saturated heterocycles. The van der Waals surface area contributed by atoms with Gasteiger partial charge in [-0.15, -0.1) is 0 Å². The van der Waals surface area contributed by atoms with Gasteiger partial charge in [0.15, 0.2) is 0 Å². The van der Waals surface area contributed by atoms with Crippen molar-refractivity contribution in [3.63, 3.8) is 0 Å². The molecular formula is C27H41N5O4. The summed E-state index contributed by atoms with van der Waals surface area (Å²) in [4.78, 5) is 46.5. The molecule has 0 aliphatic carbocycles. The van der Waals surface area contributed by atoms with Crippen LogP contribution in [0.2, 0.25) is 0 Å². The zero-order chi connectivity index (χ0) is 25.9. The van der Waals surface area contributed by atoms with Crippen LogP contribution >= 0.6 is 0 Å². The second kappa shape index (κ2) is 9.08. The van der Waals surface area contributed by atoms with Crippen molar-refractivity contribution >= 4 is 17.7 Å². The molecule has 0 aromatic carbocycles. The second-order valence-corrected chi connectivity index (χ2v) is 12.1. The van der Waals surface area contributed by atoms with E-state index in [0.29, 0.717) is 6.42 Å². The van der Waals surface area contributed by atoms with Gasteiger partial charge in [0, 0.05) is 49.7 Å². The fraction of sp³-hybridized carbons (Fsp3) is 0.741. The summed E-state index contributed by atoms with van der Waals surface area (Å²) in [5, 5.41) is 2.93. The van der Waals surface area contributed by atoms with Crippen LogP contribution in [-0.2, 0) is 19.1 Å². The van der Waals surface area contributed by atoms with E-state index in [4.69, 9.17) is 4.74 Å². The van der Waals surface area contributed by atoms with Crippen LogP contribution in [0.1, 0.15) is 60.8 Å².